The summed E-state index contributed by atoms with van der Waals surface area (Å²) in [6.45, 7) is 0. The minimum Gasteiger partial charge on any atom is -0.310 e. The fourth-order valence-electron chi connectivity index (χ4n) is 10.0. The van der Waals surface area contributed by atoms with Crippen LogP contribution in [0.2, 0.25) is 0 Å². The second-order valence-electron chi connectivity index (χ2n) is 15.6. The Morgan fingerprint density at radius 1 is 0.356 bits per heavy atom. The molecule has 2 heteroatoms. The number of benzene rings is 10. The highest BCUT2D eigenvalue weighted by Crippen LogP contribution is 2.57. The number of anilines is 3. The van der Waals surface area contributed by atoms with Gasteiger partial charge in [-0.25, -0.2) is 0 Å². The Bertz CT molecular complexity index is 3350. The van der Waals surface area contributed by atoms with Gasteiger partial charge in [-0.05, 0) is 115 Å². The minimum absolute atomic E-state index is 0.509. The van der Waals surface area contributed by atoms with E-state index in [9.17, 15) is 0 Å². The molecular weight excluding hydrogens is 731 g/mol. The maximum absolute atomic E-state index is 2.51. The van der Waals surface area contributed by atoms with E-state index in [0.29, 0.717) is 0 Å². The molecule has 0 bridgehead atoms. The molecule has 0 atom stereocenters. The van der Waals surface area contributed by atoms with Gasteiger partial charge < -0.3 is 4.90 Å². The average molecular weight is 768 g/mol. The summed E-state index contributed by atoms with van der Waals surface area (Å²) < 4.78 is 2.58. The van der Waals surface area contributed by atoms with Gasteiger partial charge >= 0.3 is 0 Å². The van der Waals surface area contributed by atoms with Gasteiger partial charge in [-0.1, -0.05) is 176 Å². The lowest BCUT2D eigenvalue weighted by Gasteiger charge is -2.35. The van der Waals surface area contributed by atoms with E-state index in [0.717, 1.165) is 11.4 Å². The zero-order chi connectivity index (χ0) is 38.9. The van der Waals surface area contributed by atoms with Crippen LogP contribution in [-0.4, -0.2) is 0 Å². The lowest BCUT2D eigenvalue weighted by molar-refractivity contribution is 0.768. The van der Waals surface area contributed by atoms with Crippen molar-refractivity contribution < 1.29 is 0 Å². The van der Waals surface area contributed by atoms with E-state index in [1.54, 1.807) is 0 Å². The Hall–Kier alpha value is -7.26. The Labute approximate surface area is 347 Å². The van der Waals surface area contributed by atoms with Gasteiger partial charge in [-0.15, -0.1) is 11.3 Å². The molecule has 0 amide bonds. The van der Waals surface area contributed by atoms with E-state index < -0.39 is 5.41 Å². The van der Waals surface area contributed by atoms with Crippen LogP contribution < -0.4 is 4.90 Å². The summed E-state index contributed by atoms with van der Waals surface area (Å²) in [4.78, 5) is 2.51. The molecule has 11 aromatic rings. The first-order valence-corrected chi connectivity index (χ1v) is 21.2. The Kier molecular flexibility index (Phi) is 7.69. The van der Waals surface area contributed by atoms with Crippen molar-refractivity contribution in [2.75, 3.05) is 4.90 Å². The fourth-order valence-corrected chi connectivity index (χ4v) is 11.2. The summed E-state index contributed by atoms with van der Waals surface area (Å²) in [6.07, 6.45) is 0. The lowest BCUT2D eigenvalue weighted by Crippen LogP contribution is -2.28. The summed E-state index contributed by atoms with van der Waals surface area (Å²) in [5.74, 6) is 0. The maximum Gasteiger partial charge on any atom is 0.0714 e. The second-order valence-corrected chi connectivity index (χ2v) is 16.7. The van der Waals surface area contributed by atoms with Crippen molar-refractivity contribution in [2.45, 2.75) is 5.41 Å². The van der Waals surface area contributed by atoms with Crippen molar-refractivity contribution in [3.8, 4) is 22.3 Å². The SMILES string of the molecule is c1ccc(-c2cc3ccc(N(c4cccc(C5(c6ccccc6)c6ccccc6-c6ccccc65)c4)c4cccc5sc6ccccc6c45)cc3c3ccccc23)cc1. The standard InChI is InChI=1S/C57H37NS/c1-3-17-38(18-4-1)49-35-39-33-34-43(37-50(39)45-24-8-7-23-44(45)49)58(53-30-16-32-55-56(53)48-27-11-14-31-54(48)59-55)42-22-15-21-41(36-42)57(40-19-5-2-6-20-40)51-28-12-9-25-46(51)47-26-10-13-29-52(47)57/h1-37H. The third kappa shape index (κ3) is 5.10. The van der Waals surface area contributed by atoms with Crippen molar-refractivity contribution >= 4 is 70.1 Å². The van der Waals surface area contributed by atoms with Crippen LogP contribution >= 0.6 is 11.3 Å². The van der Waals surface area contributed by atoms with Gasteiger partial charge in [0.1, 0.15) is 0 Å². The number of fused-ring (bicyclic) bond motifs is 9. The van der Waals surface area contributed by atoms with E-state index in [4.69, 9.17) is 0 Å². The van der Waals surface area contributed by atoms with E-state index >= 15 is 0 Å². The number of hydrogen-bond donors (Lipinski definition) is 0. The van der Waals surface area contributed by atoms with Crippen LogP contribution in [0.15, 0.2) is 224 Å². The van der Waals surface area contributed by atoms with Crippen molar-refractivity contribution in [1.82, 2.24) is 0 Å². The largest absolute Gasteiger partial charge is 0.310 e. The van der Waals surface area contributed by atoms with Crippen molar-refractivity contribution in [3.63, 3.8) is 0 Å². The van der Waals surface area contributed by atoms with E-state index in [1.165, 1.54) is 91.9 Å². The van der Waals surface area contributed by atoms with Crippen molar-refractivity contribution in [3.05, 3.63) is 247 Å². The summed E-state index contributed by atoms with van der Waals surface area (Å²) >= 11 is 1.87. The zero-order valence-corrected chi connectivity index (χ0v) is 33.0. The first-order chi connectivity index (χ1) is 29.3. The summed E-state index contributed by atoms with van der Waals surface area (Å²) in [7, 11) is 0. The van der Waals surface area contributed by atoms with Crippen LogP contribution in [0.4, 0.5) is 17.1 Å². The monoisotopic (exact) mass is 767 g/mol. The molecule has 0 N–H and O–H groups in total. The zero-order valence-electron chi connectivity index (χ0n) is 32.2. The molecule has 0 aliphatic heterocycles. The van der Waals surface area contributed by atoms with Crippen LogP contribution in [0, 0.1) is 0 Å². The molecule has 1 aliphatic rings. The van der Waals surface area contributed by atoms with Gasteiger partial charge in [0, 0.05) is 31.5 Å². The van der Waals surface area contributed by atoms with Crippen LogP contribution in [0.3, 0.4) is 0 Å². The number of thiophene rings is 1. The minimum atomic E-state index is -0.509. The molecule has 59 heavy (non-hydrogen) atoms. The predicted octanol–water partition coefficient (Wildman–Crippen LogP) is 15.9. The second kappa shape index (κ2) is 13.4. The highest BCUT2D eigenvalue weighted by atomic mass is 32.1. The first kappa shape index (κ1) is 33.8. The molecule has 12 rings (SSSR count). The van der Waals surface area contributed by atoms with Crippen LogP contribution in [0.5, 0.6) is 0 Å². The molecule has 0 spiro atoms. The molecule has 1 nitrogen and oxygen atoms in total. The summed E-state index contributed by atoms with van der Waals surface area (Å²) in [5.41, 5.74) is 13.1. The van der Waals surface area contributed by atoms with Gasteiger partial charge in [-0.3, -0.25) is 0 Å². The highest BCUT2D eigenvalue weighted by molar-refractivity contribution is 7.26. The van der Waals surface area contributed by atoms with Crippen molar-refractivity contribution in [1.29, 1.82) is 0 Å². The highest BCUT2D eigenvalue weighted by Gasteiger charge is 2.46. The predicted molar refractivity (Wildman–Crippen MR) is 252 cm³/mol. The quantitative estimate of drug-likeness (QED) is 0.152. The summed E-state index contributed by atoms with van der Waals surface area (Å²) in [6, 6.07) is 83.2. The Morgan fingerprint density at radius 2 is 0.949 bits per heavy atom. The smallest absolute Gasteiger partial charge is 0.0714 e. The Morgan fingerprint density at radius 3 is 1.73 bits per heavy atom. The lowest BCUT2D eigenvalue weighted by atomic mass is 9.67. The molecule has 0 saturated carbocycles. The molecular formula is C57H37NS. The fraction of sp³-hybridized carbons (Fsp3) is 0.0175. The van der Waals surface area contributed by atoms with E-state index in [2.05, 4.69) is 229 Å². The molecule has 0 radical (unpaired) electrons. The summed E-state index contributed by atoms with van der Waals surface area (Å²) in [5, 5.41) is 7.52. The van der Waals surface area contributed by atoms with Crippen LogP contribution in [0.1, 0.15) is 22.3 Å². The Balaban J connectivity index is 1.15. The van der Waals surface area contributed by atoms with Crippen molar-refractivity contribution in [2.24, 2.45) is 0 Å². The number of nitrogens with zero attached hydrogens (tertiary/aromatic N) is 1. The van der Waals surface area contributed by atoms with Crippen LogP contribution in [0.25, 0.3) is 64.0 Å². The topological polar surface area (TPSA) is 3.24 Å². The van der Waals surface area contributed by atoms with Gasteiger partial charge in [0.25, 0.3) is 0 Å². The normalized spacial score (nSPS) is 12.9. The van der Waals surface area contributed by atoms with Gasteiger partial charge in [0.2, 0.25) is 0 Å². The number of rotatable bonds is 6. The van der Waals surface area contributed by atoms with Crippen LogP contribution in [-0.2, 0) is 5.41 Å². The van der Waals surface area contributed by atoms with E-state index in [1.807, 2.05) is 11.3 Å². The molecule has 276 valence electrons. The molecule has 1 heterocycles. The molecule has 0 saturated heterocycles. The molecule has 10 aromatic carbocycles. The number of hydrogen-bond acceptors (Lipinski definition) is 2. The maximum atomic E-state index is 2.51. The molecule has 1 aromatic heterocycles. The molecule has 1 aliphatic carbocycles. The van der Waals surface area contributed by atoms with Gasteiger partial charge in [0.05, 0.1) is 11.1 Å². The first-order valence-electron chi connectivity index (χ1n) is 20.3. The molecule has 0 fully saturated rings. The van der Waals surface area contributed by atoms with Gasteiger partial charge in [0.15, 0.2) is 0 Å². The average Bonchev–Trinajstić information content (AvgIpc) is 3.84. The van der Waals surface area contributed by atoms with E-state index in [-0.39, 0.29) is 0 Å². The molecule has 0 unspecified atom stereocenters. The third-order valence-electron chi connectivity index (χ3n) is 12.5. The van der Waals surface area contributed by atoms with Gasteiger partial charge in [-0.2, -0.15) is 0 Å². The third-order valence-corrected chi connectivity index (χ3v) is 13.6.